The van der Waals surface area contributed by atoms with Crippen molar-refractivity contribution in [1.82, 2.24) is 0 Å². The number of carbonyl (C=O) groups excluding carboxylic acids is 1. The van der Waals surface area contributed by atoms with Crippen molar-refractivity contribution in [3.63, 3.8) is 0 Å². The fraction of sp³-hybridized carbons (Fsp3) is 0.909. The molecule has 1 saturated heterocycles. The van der Waals surface area contributed by atoms with Crippen molar-refractivity contribution in [2.75, 3.05) is 0 Å². The van der Waals surface area contributed by atoms with Gasteiger partial charge in [0.15, 0.2) is 0 Å². The summed E-state index contributed by atoms with van der Waals surface area (Å²) in [6.07, 6.45) is 5.71. The Hall–Kier alpha value is -0.530. The normalized spacial score (nSPS) is 31.6. The average Bonchev–Trinajstić information content (AvgIpc) is 2.63. The first-order valence-corrected chi connectivity index (χ1v) is 5.35. The summed E-state index contributed by atoms with van der Waals surface area (Å²) in [5, 5.41) is 0. The van der Waals surface area contributed by atoms with Crippen LogP contribution >= 0.6 is 0 Å². The van der Waals surface area contributed by atoms with Crippen molar-refractivity contribution in [1.29, 1.82) is 0 Å². The van der Waals surface area contributed by atoms with Crippen LogP contribution in [-0.4, -0.2) is 12.1 Å². The second kappa shape index (κ2) is 3.00. The molecule has 1 aliphatic heterocycles. The van der Waals surface area contributed by atoms with Gasteiger partial charge in [0.05, 0.1) is 5.41 Å². The van der Waals surface area contributed by atoms with E-state index in [-0.39, 0.29) is 17.5 Å². The largest absolute Gasteiger partial charge is 0.462 e. The molecule has 2 rings (SSSR count). The molecule has 1 atom stereocenters. The van der Waals surface area contributed by atoms with Crippen LogP contribution in [0, 0.1) is 11.3 Å². The van der Waals surface area contributed by atoms with Gasteiger partial charge in [-0.3, -0.25) is 4.79 Å². The third-order valence-corrected chi connectivity index (χ3v) is 3.59. The van der Waals surface area contributed by atoms with E-state index in [9.17, 15) is 4.79 Å². The summed E-state index contributed by atoms with van der Waals surface area (Å²) in [5.41, 5.74) is -0.0606. The van der Waals surface area contributed by atoms with Gasteiger partial charge in [0.2, 0.25) is 0 Å². The number of cyclic esters (lactones) is 1. The summed E-state index contributed by atoms with van der Waals surface area (Å²) in [7, 11) is 0. The van der Waals surface area contributed by atoms with Gasteiger partial charge in [-0.25, -0.2) is 0 Å². The lowest BCUT2D eigenvalue weighted by atomic mass is 9.81. The van der Waals surface area contributed by atoms with Crippen LogP contribution in [0.4, 0.5) is 0 Å². The second-order valence-corrected chi connectivity index (χ2v) is 4.88. The molecule has 0 aromatic heterocycles. The molecule has 1 saturated carbocycles. The maximum atomic E-state index is 11.7. The number of carbonyl (C=O) groups is 1. The highest BCUT2D eigenvalue weighted by Gasteiger charge is 2.50. The second-order valence-electron chi connectivity index (χ2n) is 4.88. The Morgan fingerprint density at radius 1 is 1.38 bits per heavy atom. The van der Waals surface area contributed by atoms with Crippen LogP contribution < -0.4 is 0 Å². The molecule has 0 radical (unpaired) electrons. The Kier molecular flexibility index (Phi) is 2.09. The lowest BCUT2D eigenvalue weighted by Gasteiger charge is -2.16. The van der Waals surface area contributed by atoms with Crippen molar-refractivity contribution >= 4 is 5.97 Å². The van der Waals surface area contributed by atoms with Crippen LogP contribution in [0.3, 0.4) is 0 Å². The summed E-state index contributed by atoms with van der Waals surface area (Å²) in [6, 6.07) is 0. The predicted molar refractivity (Wildman–Crippen MR) is 50.2 cm³/mol. The highest BCUT2D eigenvalue weighted by atomic mass is 16.6. The maximum Gasteiger partial charge on any atom is 0.312 e. The molecule has 1 heterocycles. The van der Waals surface area contributed by atoms with Gasteiger partial charge in [-0.1, -0.05) is 26.7 Å². The molecule has 1 spiro atoms. The highest BCUT2D eigenvalue weighted by molar-refractivity contribution is 5.79. The van der Waals surface area contributed by atoms with Crippen LogP contribution in [0.25, 0.3) is 0 Å². The Morgan fingerprint density at radius 2 is 2.00 bits per heavy atom. The number of hydrogen-bond acceptors (Lipinski definition) is 2. The van der Waals surface area contributed by atoms with Gasteiger partial charge in [0.25, 0.3) is 0 Å². The van der Waals surface area contributed by atoms with Crippen molar-refractivity contribution in [3.8, 4) is 0 Å². The van der Waals surface area contributed by atoms with Gasteiger partial charge in [0, 0.05) is 6.42 Å². The molecule has 1 aliphatic carbocycles. The summed E-state index contributed by atoms with van der Waals surface area (Å²) in [4.78, 5) is 11.7. The minimum Gasteiger partial charge on any atom is -0.462 e. The van der Waals surface area contributed by atoms with E-state index in [0.29, 0.717) is 5.92 Å². The van der Waals surface area contributed by atoms with E-state index in [1.54, 1.807) is 0 Å². The molecule has 1 unspecified atom stereocenters. The third kappa shape index (κ3) is 1.36. The van der Waals surface area contributed by atoms with E-state index in [0.717, 1.165) is 19.3 Å². The predicted octanol–water partition coefficient (Wildman–Crippen LogP) is 2.52. The van der Waals surface area contributed by atoms with Gasteiger partial charge < -0.3 is 4.74 Å². The highest BCUT2D eigenvalue weighted by Crippen LogP contribution is 2.48. The Morgan fingerprint density at radius 3 is 2.46 bits per heavy atom. The Labute approximate surface area is 79.7 Å². The minimum atomic E-state index is -0.0606. The minimum absolute atomic E-state index is 0.0606. The van der Waals surface area contributed by atoms with Gasteiger partial charge in [-0.15, -0.1) is 0 Å². The van der Waals surface area contributed by atoms with E-state index < -0.39 is 0 Å². The lowest BCUT2D eigenvalue weighted by Crippen LogP contribution is -2.21. The van der Waals surface area contributed by atoms with Crippen molar-refractivity contribution in [2.24, 2.45) is 11.3 Å². The summed E-state index contributed by atoms with van der Waals surface area (Å²) >= 11 is 0. The summed E-state index contributed by atoms with van der Waals surface area (Å²) in [5.74, 6) is 0.563. The number of rotatable bonds is 1. The molecule has 0 bridgehead atoms. The van der Waals surface area contributed by atoms with E-state index in [1.165, 1.54) is 12.8 Å². The summed E-state index contributed by atoms with van der Waals surface area (Å²) < 4.78 is 5.42. The van der Waals surface area contributed by atoms with E-state index >= 15 is 0 Å². The topological polar surface area (TPSA) is 26.3 Å². The van der Waals surface area contributed by atoms with Crippen LogP contribution in [0.15, 0.2) is 0 Å². The van der Waals surface area contributed by atoms with Crippen molar-refractivity contribution in [2.45, 2.75) is 52.1 Å². The molecular formula is C11H18O2. The quantitative estimate of drug-likeness (QED) is 0.582. The van der Waals surface area contributed by atoms with Crippen molar-refractivity contribution in [3.05, 3.63) is 0 Å². The van der Waals surface area contributed by atoms with Gasteiger partial charge in [-0.05, 0) is 18.8 Å². The lowest BCUT2D eigenvalue weighted by molar-refractivity contribution is -0.149. The van der Waals surface area contributed by atoms with E-state index in [4.69, 9.17) is 4.74 Å². The van der Waals surface area contributed by atoms with E-state index in [2.05, 4.69) is 13.8 Å². The molecule has 74 valence electrons. The van der Waals surface area contributed by atoms with Crippen LogP contribution in [0.5, 0.6) is 0 Å². The number of hydrogen-bond donors (Lipinski definition) is 0. The van der Waals surface area contributed by atoms with Crippen molar-refractivity contribution < 1.29 is 9.53 Å². The van der Waals surface area contributed by atoms with E-state index in [1.807, 2.05) is 0 Å². The number of esters is 1. The smallest absolute Gasteiger partial charge is 0.312 e. The fourth-order valence-corrected chi connectivity index (χ4v) is 2.60. The molecule has 0 aromatic carbocycles. The zero-order valence-electron chi connectivity index (χ0n) is 8.51. The molecule has 2 fully saturated rings. The first kappa shape index (κ1) is 9.04. The first-order valence-electron chi connectivity index (χ1n) is 5.35. The van der Waals surface area contributed by atoms with Crippen LogP contribution in [0.1, 0.15) is 46.0 Å². The van der Waals surface area contributed by atoms with Gasteiger partial charge in [0.1, 0.15) is 6.10 Å². The first-order chi connectivity index (χ1) is 6.14. The summed E-state index contributed by atoms with van der Waals surface area (Å²) in [6.45, 7) is 4.26. The Balaban J connectivity index is 2.11. The van der Waals surface area contributed by atoms with Gasteiger partial charge in [-0.2, -0.15) is 0 Å². The molecular weight excluding hydrogens is 164 g/mol. The molecule has 2 heteroatoms. The molecule has 13 heavy (non-hydrogen) atoms. The molecule has 2 aliphatic rings. The zero-order valence-corrected chi connectivity index (χ0v) is 8.51. The zero-order chi connectivity index (χ0) is 9.47. The molecule has 0 N–H and O–H groups in total. The van der Waals surface area contributed by atoms with Crippen LogP contribution in [0.2, 0.25) is 0 Å². The standard InChI is InChI=1S/C11H18O2/c1-8(2)9-7-11(10(12)13-9)5-3-4-6-11/h8-9H,3-7H2,1-2H3. The van der Waals surface area contributed by atoms with Crippen LogP contribution in [-0.2, 0) is 9.53 Å². The maximum absolute atomic E-state index is 11.7. The molecule has 0 amide bonds. The number of ether oxygens (including phenoxy) is 1. The third-order valence-electron chi connectivity index (χ3n) is 3.59. The monoisotopic (exact) mass is 182 g/mol. The Bertz CT molecular complexity index is 214. The average molecular weight is 182 g/mol. The fourth-order valence-electron chi connectivity index (χ4n) is 2.60. The SMILES string of the molecule is CC(C)C1CC2(CCCC2)C(=O)O1. The van der Waals surface area contributed by atoms with Gasteiger partial charge >= 0.3 is 5.97 Å². The molecule has 2 nitrogen and oxygen atoms in total. The molecule has 0 aromatic rings.